The number of fused-ring (bicyclic) bond motifs is 2. The summed E-state index contributed by atoms with van der Waals surface area (Å²) in [5.41, 5.74) is 12.1. The summed E-state index contributed by atoms with van der Waals surface area (Å²) in [5, 5.41) is 3.67. The monoisotopic (exact) mass is 283 g/mol. The lowest BCUT2D eigenvalue weighted by Gasteiger charge is -2.44. The summed E-state index contributed by atoms with van der Waals surface area (Å²) in [6, 6.07) is 7.97. The van der Waals surface area contributed by atoms with Crippen LogP contribution in [0.25, 0.3) is 5.57 Å². The normalized spacial score (nSPS) is 34.0. The highest BCUT2D eigenvalue weighted by Gasteiger charge is 2.42. The van der Waals surface area contributed by atoms with Gasteiger partial charge in [0.05, 0.1) is 0 Å². The average Bonchev–Trinajstić information content (AvgIpc) is 2.78. The van der Waals surface area contributed by atoms with Crippen molar-refractivity contribution in [2.45, 2.75) is 50.7 Å². The summed E-state index contributed by atoms with van der Waals surface area (Å²) in [5.74, 6) is 0.645. The summed E-state index contributed by atoms with van der Waals surface area (Å²) in [7, 11) is 0. The van der Waals surface area contributed by atoms with Crippen molar-refractivity contribution in [3.63, 3.8) is 0 Å². The Hall–Kier alpha value is -1.32. The van der Waals surface area contributed by atoms with Crippen LogP contribution in [0.1, 0.15) is 43.7 Å². The van der Waals surface area contributed by atoms with Gasteiger partial charge in [0.15, 0.2) is 0 Å². The molecule has 4 rings (SSSR count). The van der Waals surface area contributed by atoms with E-state index in [1.54, 1.807) is 0 Å². The van der Waals surface area contributed by atoms with Gasteiger partial charge in [-0.25, -0.2) is 0 Å². The smallest absolute Gasteiger partial charge is 0.0384 e. The molecule has 2 unspecified atom stereocenters. The Morgan fingerprint density at radius 1 is 1.38 bits per heavy atom. The van der Waals surface area contributed by atoms with E-state index in [-0.39, 0.29) is 6.04 Å². The molecule has 0 radical (unpaired) electrons. The maximum Gasteiger partial charge on any atom is 0.0384 e. The van der Waals surface area contributed by atoms with Gasteiger partial charge in [0.1, 0.15) is 0 Å². The van der Waals surface area contributed by atoms with E-state index in [1.807, 2.05) is 0 Å². The Morgan fingerprint density at radius 2 is 2.24 bits per heavy atom. The minimum absolute atomic E-state index is 0.169. The summed E-state index contributed by atoms with van der Waals surface area (Å²) < 4.78 is 0. The standard InChI is InChI=1S/C18H25N3/c1-3-7-21-10-12(19)8-15-13-5-4-6-16-18(13)14(9-17(15)21)11(2)20-16/h4-6,8,11-12,14,17,20H,3,7,9-10,19H2,1-2H3/t11?,12-,14?,17+/m0/s1. The molecule has 0 saturated carbocycles. The van der Waals surface area contributed by atoms with Crippen LogP contribution < -0.4 is 11.1 Å². The number of anilines is 1. The van der Waals surface area contributed by atoms with Crippen LogP contribution in [0.5, 0.6) is 0 Å². The van der Waals surface area contributed by atoms with E-state index in [4.69, 9.17) is 5.73 Å². The molecule has 0 fully saturated rings. The molecule has 0 spiro atoms. The van der Waals surface area contributed by atoms with E-state index in [9.17, 15) is 0 Å². The third kappa shape index (κ3) is 1.95. The second-order valence-electron chi connectivity index (χ2n) is 6.84. The fraction of sp³-hybridized carbons (Fsp3) is 0.556. The first kappa shape index (κ1) is 13.4. The Labute approximate surface area is 127 Å². The van der Waals surface area contributed by atoms with Gasteiger partial charge >= 0.3 is 0 Å². The predicted octanol–water partition coefficient (Wildman–Crippen LogP) is 2.79. The zero-order valence-corrected chi connectivity index (χ0v) is 13.0. The SMILES string of the molecule is CCCN1C[C@@H](N)C=C2c3cccc4c3C(C[C@H]21)C(C)N4. The molecule has 4 atom stereocenters. The molecule has 1 aromatic carbocycles. The molecule has 0 aromatic heterocycles. The Balaban J connectivity index is 1.83. The molecule has 112 valence electrons. The zero-order valence-electron chi connectivity index (χ0n) is 13.0. The van der Waals surface area contributed by atoms with Gasteiger partial charge in [-0.2, -0.15) is 0 Å². The number of nitrogens with two attached hydrogens (primary N) is 1. The molecule has 3 heteroatoms. The van der Waals surface area contributed by atoms with E-state index in [0.717, 1.165) is 13.1 Å². The lowest BCUT2D eigenvalue weighted by atomic mass is 9.73. The molecular weight excluding hydrogens is 258 g/mol. The van der Waals surface area contributed by atoms with E-state index >= 15 is 0 Å². The van der Waals surface area contributed by atoms with Crippen LogP contribution in [0, 0.1) is 0 Å². The van der Waals surface area contributed by atoms with Crippen molar-refractivity contribution in [3.8, 4) is 0 Å². The van der Waals surface area contributed by atoms with Gasteiger partial charge in [-0.15, -0.1) is 0 Å². The number of hydrogen-bond acceptors (Lipinski definition) is 3. The number of nitrogens with zero attached hydrogens (tertiary/aromatic N) is 1. The molecule has 3 aliphatic rings. The number of rotatable bonds is 2. The predicted molar refractivity (Wildman–Crippen MR) is 88.5 cm³/mol. The molecule has 21 heavy (non-hydrogen) atoms. The van der Waals surface area contributed by atoms with E-state index in [1.165, 1.54) is 35.2 Å². The van der Waals surface area contributed by atoms with Gasteiger partial charge in [0.2, 0.25) is 0 Å². The van der Waals surface area contributed by atoms with Gasteiger partial charge in [0, 0.05) is 36.3 Å². The lowest BCUT2D eigenvalue weighted by Crippen LogP contribution is -2.49. The van der Waals surface area contributed by atoms with Crippen LogP contribution in [-0.4, -0.2) is 36.1 Å². The van der Waals surface area contributed by atoms with E-state index in [0.29, 0.717) is 18.0 Å². The lowest BCUT2D eigenvalue weighted by molar-refractivity contribution is 0.200. The molecule has 0 amide bonds. The van der Waals surface area contributed by atoms with Crippen LogP contribution in [-0.2, 0) is 0 Å². The highest BCUT2D eigenvalue weighted by molar-refractivity contribution is 5.81. The van der Waals surface area contributed by atoms with Gasteiger partial charge in [-0.05, 0) is 49.1 Å². The highest BCUT2D eigenvalue weighted by Crippen LogP contribution is 2.50. The molecular formula is C18H25N3. The maximum atomic E-state index is 6.30. The second-order valence-corrected chi connectivity index (χ2v) is 6.84. The molecule has 2 aliphatic heterocycles. The van der Waals surface area contributed by atoms with Crippen molar-refractivity contribution in [3.05, 3.63) is 35.4 Å². The van der Waals surface area contributed by atoms with Crippen molar-refractivity contribution in [1.29, 1.82) is 0 Å². The maximum absolute atomic E-state index is 6.30. The topological polar surface area (TPSA) is 41.3 Å². The Bertz CT molecular complexity index is 592. The largest absolute Gasteiger partial charge is 0.382 e. The molecule has 1 aliphatic carbocycles. The third-order valence-corrected chi connectivity index (χ3v) is 5.40. The van der Waals surface area contributed by atoms with Crippen molar-refractivity contribution < 1.29 is 0 Å². The highest BCUT2D eigenvalue weighted by atomic mass is 15.2. The summed E-state index contributed by atoms with van der Waals surface area (Å²) >= 11 is 0. The zero-order chi connectivity index (χ0) is 14.6. The van der Waals surface area contributed by atoms with Gasteiger partial charge < -0.3 is 11.1 Å². The number of hydrogen-bond donors (Lipinski definition) is 2. The Morgan fingerprint density at radius 3 is 3.05 bits per heavy atom. The summed E-state index contributed by atoms with van der Waals surface area (Å²) in [4.78, 5) is 2.61. The van der Waals surface area contributed by atoms with E-state index < -0.39 is 0 Å². The quantitative estimate of drug-likeness (QED) is 0.877. The van der Waals surface area contributed by atoms with Crippen LogP contribution in [0.4, 0.5) is 5.69 Å². The van der Waals surface area contributed by atoms with Crippen molar-refractivity contribution >= 4 is 11.3 Å². The molecule has 0 saturated heterocycles. The first-order valence-corrected chi connectivity index (χ1v) is 8.30. The molecule has 1 aromatic rings. The van der Waals surface area contributed by atoms with Crippen LogP contribution in [0.2, 0.25) is 0 Å². The summed E-state index contributed by atoms with van der Waals surface area (Å²) in [6.07, 6.45) is 4.75. The fourth-order valence-electron chi connectivity index (χ4n) is 4.57. The van der Waals surface area contributed by atoms with Crippen LogP contribution >= 0.6 is 0 Å². The average molecular weight is 283 g/mol. The van der Waals surface area contributed by atoms with Crippen molar-refractivity contribution in [2.24, 2.45) is 5.73 Å². The van der Waals surface area contributed by atoms with Crippen LogP contribution in [0.15, 0.2) is 24.3 Å². The first-order chi connectivity index (χ1) is 10.2. The Kier molecular flexibility index (Phi) is 3.09. The minimum Gasteiger partial charge on any atom is -0.382 e. The van der Waals surface area contributed by atoms with E-state index in [2.05, 4.69) is 48.3 Å². The molecule has 3 nitrogen and oxygen atoms in total. The molecule has 3 N–H and O–H groups in total. The second kappa shape index (κ2) is 4.85. The minimum atomic E-state index is 0.169. The van der Waals surface area contributed by atoms with Gasteiger partial charge in [0.25, 0.3) is 0 Å². The third-order valence-electron chi connectivity index (χ3n) is 5.40. The molecule has 2 heterocycles. The first-order valence-electron chi connectivity index (χ1n) is 8.30. The molecule has 0 bridgehead atoms. The number of benzene rings is 1. The van der Waals surface area contributed by atoms with Crippen molar-refractivity contribution in [1.82, 2.24) is 4.90 Å². The van der Waals surface area contributed by atoms with Crippen molar-refractivity contribution in [2.75, 3.05) is 18.4 Å². The number of nitrogens with one attached hydrogen (secondary N) is 1. The fourth-order valence-corrected chi connectivity index (χ4v) is 4.57. The summed E-state index contributed by atoms with van der Waals surface area (Å²) in [6.45, 7) is 6.74. The van der Waals surface area contributed by atoms with Crippen LogP contribution in [0.3, 0.4) is 0 Å². The van der Waals surface area contributed by atoms with Gasteiger partial charge in [-0.3, -0.25) is 4.90 Å². The van der Waals surface area contributed by atoms with Gasteiger partial charge in [-0.1, -0.05) is 25.1 Å².